The molecule has 124 valence electrons. The quantitative estimate of drug-likeness (QED) is 0.879. The number of anilines is 1. The van der Waals surface area contributed by atoms with E-state index in [9.17, 15) is 4.79 Å². The number of rotatable bonds is 4. The van der Waals surface area contributed by atoms with Crippen LogP contribution in [0.2, 0.25) is 0 Å². The minimum atomic E-state index is -0.257. The maximum absolute atomic E-state index is 12.2. The molecule has 1 aliphatic heterocycles. The summed E-state index contributed by atoms with van der Waals surface area (Å²) in [7, 11) is 0. The van der Waals surface area contributed by atoms with Crippen molar-refractivity contribution in [2.45, 2.75) is 45.1 Å². The Morgan fingerprint density at radius 2 is 2.41 bits per heavy atom. The van der Waals surface area contributed by atoms with Crippen LogP contribution < -0.4 is 10.6 Å². The fourth-order valence-corrected chi connectivity index (χ4v) is 4.20. The number of hydrogen-bond acceptors (Lipinski definition) is 5. The summed E-state index contributed by atoms with van der Waals surface area (Å²) < 4.78 is 5.32. The Morgan fingerprint density at radius 3 is 3.14 bits per heavy atom. The Hall–Kier alpha value is -0.690. The van der Waals surface area contributed by atoms with Gasteiger partial charge in [-0.2, -0.15) is 0 Å². The monoisotopic (exact) mass is 345 g/mol. The fraction of sp³-hybridized carbons (Fsp3) is 0.733. The molecule has 2 atom stereocenters. The average Bonchev–Trinajstić information content (AvgIpc) is 2.90. The van der Waals surface area contributed by atoms with Crippen LogP contribution in [0.3, 0.4) is 0 Å². The van der Waals surface area contributed by atoms with E-state index in [4.69, 9.17) is 4.74 Å². The SMILES string of the molecule is CCCC1CCc2nc(NC(=O)C3COCCN3)sc2C1.Cl. The molecule has 2 heterocycles. The van der Waals surface area contributed by atoms with Crippen molar-refractivity contribution in [3.05, 3.63) is 10.6 Å². The Balaban J connectivity index is 0.00000176. The van der Waals surface area contributed by atoms with Gasteiger partial charge in [0.25, 0.3) is 0 Å². The molecule has 0 bridgehead atoms. The molecule has 1 aromatic heterocycles. The van der Waals surface area contributed by atoms with Gasteiger partial charge in [-0.15, -0.1) is 23.7 Å². The second-order valence-corrected chi connectivity index (χ2v) is 6.94. The summed E-state index contributed by atoms with van der Waals surface area (Å²) >= 11 is 1.65. The van der Waals surface area contributed by atoms with Gasteiger partial charge in [0.05, 0.1) is 18.9 Å². The Kier molecular flexibility index (Phi) is 6.62. The molecule has 1 aromatic rings. The first-order valence-corrected chi connectivity index (χ1v) is 8.68. The minimum Gasteiger partial charge on any atom is -0.378 e. The molecule has 22 heavy (non-hydrogen) atoms. The van der Waals surface area contributed by atoms with Gasteiger partial charge < -0.3 is 15.4 Å². The van der Waals surface area contributed by atoms with Crippen molar-refractivity contribution < 1.29 is 9.53 Å². The number of carbonyl (C=O) groups excluding carboxylic acids is 1. The molecule has 0 saturated carbocycles. The van der Waals surface area contributed by atoms with Crippen LogP contribution in [0.5, 0.6) is 0 Å². The summed E-state index contributed by atoms with van der Waals surface area (Å²) in [6.07, 6.45) is 5.95. The van der Waals surface area contributed by atoms with E-state index in [0.717, 1.165) is 30.4 Å². The molecule has 2 aliphatic rings. The molecule has 1 fully saturated rings. The molecule has 1 aliphatic carbocycles. The number of ether oxygens (including phenoxy) is 1. The van der Waals surface area contributed by atoms with Gasteiger partial charge >= 0.3 is 0 Å². The maximum atomic E-state index is 12.2. The first-order valence-electron chi connectivity index (χ1n) is 7.87. The third-order valence-corrected chi connectivity index (χ3v) is 5.24. The summed E-state index contributed by atoms with van der Waals surface area (Å²) in [5.74, 6) is 0.755. The van der Waals surface area contributed by atoms with Gasteiger partial charge in [0, 0.05) is 11.4 Å². The van der Waals surface area contributed by atoms with E-state index in [2.05, 4.69) is 22.5 Å². The van der Waals surface area contributed by atoms with Gasteiger partial charge in [-0.3, -0.25) is 4.79 Å². The van der Waals surface area contributed by atoms with E-state index in [-0.39, 0.29) is 24.4 Å². The maximum Gasteiger partial charge on any atom is 0.245 e. The lowest BCUT2D eigenvalue weighted by atomic mass is 9.88. The summed E-state index contributed by atoms with van der Waals surface area (Å²) in [5.41, 5.74) is 1.19. The van der Waals surface area contributed by atoms with E-state index in [1.165, 1.54) is 29.8 Å². The van der Waals surface area contributed by atoms with Crippen molar-refractivity contribution in [1.29, 1.82) is 0 Å². The molecule has 2 unspecified atom stereocenters. The van der Waals surface area contributed by atoms with Gasteiger partial charge in [0.15, 0.2) is 5.13 Å². The van der Waals surface area contributed by atoms with Crippen molar-refractivity contribution in [2.75, 3.05) is 25.1 Å². The highest BCUT2D eigenvalue weighted by atomic mass is 35.5. The van der Waals surface area contributed by atoms with Crippen molar-refractivity contribution >= 4 is 34.8 Å². The Bertz CT molecular complexity index is 503. The van der Waals surface area contributed by atoms with Crippen LogP contribution in [0.15, 0.2) is 0 Å². The zero-order valence-electron chi connectivity index (χ0n) is 12.9. The van der Waals surface area contributed by atoms with Gasteiger partial charge in [-0.05, 0) is 25.2 Å². The van der Waals surface area contributed by atoms with Crippen LogP contribution in [0.1, 0.15) is 36.8 Å². The summed E-state index contributed by atoms with van der Waals surface area (Å²) in [6, 6.07) is -0.257. The summed E-state index contributed by atoms with van der Waals surface area (Å²) in [6.45, 7) is 4.09. The fourth-order valence-electron chi connectivity index (χ4n) is 3.08. The zero-order valence-corrected chi connectivity index (χ0v) is 14.5. The van der Waals surface area contributed by atoms with Gasteiger partial charge in [0.2, 0.25) is 5.91 Å². The molecule has 0 aromatic carbocycles. The van der Waals surface area contributed by atoms with Crippen LogP contribution in [0, 0.1) is 5.92 Å². The van der Waals surface area contributed by atoms with E-state index in [1.807, 2.05) is 0 Å². The lowest BCUT2D eigenvalue weighted by Crippen LogP contribution is -2.48. The van der Waals surface area contributed by atoms with Crippen LogP contribution in [0.25, 0.3) is 0 Å². The number of nitrogens with zero attached hydrogens (tertiary/aromatic N) is 1. The van der Waals surface area contributed by atoms with Crippen LogP contribution in [0.4, 0.5) is 5.13 Å². The number of morpholine rings is 1. The number of halogens is 1. The molecular weight excluding hydrogens is 322 g/mol. The standard InChI is InChI=1S/C15H23N3O2S.ClH/c1-2-3-10-4-5-11-13(8-10)21-15(17-11)18-14(19)12-9-20-7-6-16-12;/h10,12,16H,2-9H2,1H3,(H,17,18,19);1H. The van der Waals surface area contributed by atoms with E-state index in [1.54, 1.807) is 11.3 Å². The van der Waals surface area contributed by atoms with Crippen molar-refractivity contribution in [3.63, 3.8) is 0 Å². The zero-order chi connectivity index (χ0) is 14.7. The minimum absolute atomic E-state index is 0. The van der Waals surface area contributed by atoms with Gasteiger partial charge in [-0.25, -0.2) is 4.98 Å². The molecular formula is C15H24ClN3O2S. The highest BCUT2D eigenvalue weighted by Gasteiger charge is 2.25. The lowest BCUT2D eigenvalue weighted by Gasteiger charge is -2.22. The van der Waals surface area contributed by atoms with Gasteiger partial charge in [0.1, 0.15) is 6.04 Å². The summed E-state index contributed by atoms with van der Waals surface area (Å²) in [5, 5.41) is 6.85. The van der Waals surface area contributed by atoms with Crippen molar-refractivity contribution in [2.24, 2.45) is 5.92 Å². The van der Waals surface area contributed by atoms with E-state index in [0.29, 0.717) is 13.2 Å². The van der Waals surface area contributed by atoms with Gasteiger partial charge in [-0.1, -0.05) is 19.8 Å². The molecule has 2 N–H and O–H groups in total. The highest BCUT2D eigenvalue weighted by Crippen LogP contribution is 2.34. The topological polar surface area (TPSA) is 63.2 Å². The largest absolute Gasteiger partial charge is 0.378 e. The molecule has 0 spiro atoms. The lowest BCUT2D eigenvalue weighted by molar-refractivity contribution is -0.120. The van der Waals surface area contributed by atoms with Crippen LogP contribution >= 0.6 is 23.7 Å². The number of thiazole rings is 1. The smallest absolute Gasteiger partial charge is 0.245 e. The number of fused-ring (bicyclic) bond motifs is 1. The van der Waals surface area contributed by atoms with E-state index < -0.39 is 0 Å². The van der Waals surface area contributed by atoms with Crippen LogP contribution in [-0.4, -0.2) is 36.7 Å². The summed E-state index contributed by atoms with van der Waals surface area (Å²) in [4.78, 5) is 18.1. The molecule has 3 rings (SSSR count). The molecule has 1 amide bonds. The number of nitrogens with one attached hydrogen (secondary N) is 2. The third-order valence-electron chi connectivity index (χ3n) is 4.21. The first kappa shape index (κ1) is 17.7. The first-order chi connectivity index (χ1) is 10.3. The second kappa shape index (κ2) is 8.24. The highest BCUT2D eigenvalue weighted by molar-refractivity contribution is 7.15. The molecule has 5 nitrogen and oxygen atoms in total. The number of hydrogen-bond donors (Lipinski definition) is 2. The number of amides is 1. The molecule has 0 radical (unpaired) electrons. The second-order valence-electron chi connectivity index (χ2n) is 5.86. The third kappa shape index (κ3) is 4.19. The van der Waals surface area contributed by atoms with Crippen molar-refractivity contribution in [3.8, 4) is 0 Å². The van der Waals surface area contributed by atoms with E-state index >= 15 is 0 Å². The molecule has 7 heteroatoms. The predicted molar refractivity (Wildman–Crippen MR) is 91.0 cm³/mol. The molecule has 1 saturated heterocycles. The number of aryl methyl sites for hydroxylation is 1. The van der Waals surface area contributed by atoms with Crippen molar-refractivity contribution in [1.82, 2.24) is 10.3 Å². The average molecular weight is 346 g/mol. The normalized spacial score (nSPS) is 24.2. The van der Waals surface area contributed by atoms with Crippen LogP contribution in [-0.2, 0) is 22.4 Å². The number of carbonyl (C=O) groups is 1. The predicted octanol–water partition coefficient (Wildman–Crippen LogP) is 2.40. The Labute approximate surface area is 141 Å². The number of aromatic nitrogens is 1. The Morgan fingerprint density at radius 1 is 1.55 bits per heavy atom.